The van der Waals surface area contributed by atoms with Gasteiger partial charge in [0.2, 0.25) is 5.75 Å². The van der Waals surface area contributed by atoms with Crippen molar-refractivity contribution in [3.8, 4) is 17.2 Å². The van der Waals surface area contributed by atoms with Gasteiger partial charge in [0.05, 0.1) is 39.0 Å². The molecule has 2 bridgehead atoms. The summed E-state index contributed by atoms with van der Waals surface area (Å²) in [6.45, 7) is 4.07. The van der Waals surface area contributed by atoms with Crippen LogP contribution in [0.1, 0.15) is 48.0 Å². The van der Waals surface area contributed by atoms with Gasteiger partial charge in [0.1, 0.15) is 0 Å². The molecule has 1 aliphatic rings. The lowest BCUT2D eigenvalue weighted by Gasteiger charge is -2.17. The molecule has 0 amide bonds. The first kappa shape index (κ1) is 29.9. The summed E-state index contributed by atoms with van der Waals surface area (Å²) in [5.41, 5.74) is 1.15. The van der Waals surface area contributed by atoms with Crippen LogP contribution in [0, 0.1) is 0 Å². The number of rotatable bonds is 4. The number of hydrogen-bond donors (Lipinski definition) is 3. The molecule has 1 atom stereocenters. The Kier molecular flexibility index (Phi) is 13.0. The van der Waals surface area contributed by atoms with Crippen LogP contribution in [0.2, 0.25) is 0 Å². The zero-order chi connectivity index (χ0) is 27.7. The van der Waals surface area contributed by atoms with E-state index in [1.165, 1.54) is 14.2 Å². The molecule has 0 spiro atoms. The number of nitrogens with zero attached hydrogens (tertiary/aromatic N) is 3. The fraction of sp³-hybridized carbons (Fsp3) is 0.500. The van der Waals surface area contributed by atoms with Crippen LogP contribution < -0.4 is 30.7 Å². The van der Waals surface area contributed by atoms with Crippen LogP contribution in [0.4, 0.5) is 0 Å². The summed E-state index contributed by atoms with van der Waals surface area (Å²) in [6, 6.07) is 12.7. The molecular formula is C28H40N6O5. The summed E-state index contributed by atoms with van der Waals surface area (Å²) in [6.07, 6.45) is 3.96. The number of azo groups is 1. The molecule has 0 saturated carbocycles. The zero-order valence-corrected chi connectivity index (χ0v) is 22.9. The van der Waals surface area contributed by atoms with Gasteiger partial charge in [0.25, 0.3) is 0 Å². The zero-order valence-electron chi connectivity index (χ0n) is 22.9. The number of benzene rings is 2. The molecule has 11 heteroatoms. The molecule has 0 aliphatic carbocycles. The number of carbonyl (C=O) groups excluding carboxylic acids is 1. The molecule has 2 aromatic rings. The third-order valence-electron chi connectivity index (χ3n) is 6.18. The number of nitrogens with two attached hydrogens (primary N) is 1. The molecule has 212 valence electrons. The number of carbonyl (C=O) groups is 1. The van der Waals surface area contributed by atoms with Gasteiger partial charge in [-0.1, -0.05) is 30.3 Å². The van der Waals surface area contributed by atoms with Gasteiger partial charge in [0, 0.05) is 5.56 Å². The standard InChI is InChI=1S/C28H40N6O5/c1-36-24-19-22-20-25(26(24)37-2)38-17-6-11-23(33-34-27(32-29)21-9-4-3-5-10-21)12-16-31-14-7-13-30-15-8-18-39-28(22)35/h3-5,9-10,19-20,23,30-31H,6-8,11-18,29H2,1-2H3/b32-27-,34-33?. The van der Waals surface area contributed by atoms with Gasteiger partial charge >= 0.3 is 5.97 Å². The van der Waals surface area contributed by atoms with E-state index in [0.29, 0.717) is 48.3 Å². The average Bonchev–Trinajstić information content (AvgIpc) is 2.97. The Labute approximate surface area is 230 Å². The molecule has 2 aromatic carbocycles. The third kappa shape index (κ3) is 9.84. The first-order valence-electron chi connectivity index (χ1n) is 13.4. The minimum atomic E-state index is -0.435. The lowest BCUT2D eigenvalue weighted by atomic mass is 10.1. The SMILES string of the molecule is COc1cc2cc(c1OC)OCCCC(N=N/C(=N\N)c1ccccc1)CCNCCCNCCCOC2=O. The van der Waals surface area contributed by atoms with E-state index in [0.717, 1.165) is 57.4 Å². The average molecular weight is 541 g/mol. The molecule has 1 unspecified atom stereocenters. The van der Waals surface area contributed by atoms with Crippen molar-refractivity contribution in [2.45, 2.75) is 38.1 Å². The molecule has 4 N–H and O–H groups in total. The second-order valence-corrected chi connectivity index (χ2v) is 9.02. The summed E-state index contributed by atoms with van der Waals surface area (Å²) in [5, 5.41) is 19.6. The van der Waals surface area contributed by atoms with Crippen LogP contribution in [0.3, 0.4) is 0 Å². The Morgan fingerprint density at radius 2 is 1.67 bits per heavy atom. The number of amidine groups is 1. The molecule has 0 radical (unpaired) electrons. The van der Waals surface area contributed by atoms with Crippen molar-refractivity contribution in [1.82, 2.24) is 10.6 Å². The largest absolute Gasteiger partial charge is 0.493 e. The highest BCUT2D eigenvalue weighted by Gasteiger charge is 2.19. The van der Waals surface area contributed by atoms with Gasteiger partial charge in [-0.25, -0.2) is 4.79 Å². The van der Waals surface area contributed by atoms with Crippen LogP contribution in [-0.4, -0.2) is 71.5 Å². The van der Waals surface area contributed by atoms with Crippen molar-refractivity contribution >= 4 is 11.8 Å². The summed E-state index contributed by atoms with van der Waals surface area (Å²) in [7, 11) is 3.05. The molecule has 3 rings (SSSR count). The highest BCUT2D eigenvalue weighted by Crippen LogP contribution is 2.38. The van der Waals surface area contributed by atoms with Crippen LogP contribution >= 0.6 is 0 Å². The number of cyclic esters (lactones) is 1. The molecular weight excluding hydrogens is 500 g/mol. The van der Waals surface area contributed by atoms with E-state index in [-0.39, 0.29) is 6.04 Å². The van der Waals surface area contributed by atoms with Crippen molar-refractivity contribution in [1.29, 1.82) is 0 Å². The predicted octanol–water partition coefficient (Wildman–Crippen LogP) is 3.52. The molecule has 1 aliphatic heterocycles. The van der Waals surface area contributed by atoms with Crippen molar-refractivity contribution in [2.75, 3.05) is 53.6 Å². The van der Waals surface area contributed by atoms with E-state index in [1.807, 2.05) is 30.3 Å². The summed E-state index contributed by atoms with van der Waals surface area (Å²) < 4.78 is 22.5. The fourth-order valence-corrected chi connectivity index (χ4v) is 4.10. The minimum absolute atomic E-state index is 0.0528. The second kappa shape index (κ2) is 17.0. The lowest BCUT2D eigenvalue weighted by molar-refractivity contribution is 0.0499. The molecule has 1 heterocycles. The van der Waals surface area contributed by atoms with Gasteiger partial charge in [0.15, 0.2) is 17.3 Å². The van der Waals surface area contributed by atoms with Crippen LogP contribution in [0.5, 0.6) is 17.2 Å². The number of methoxy groups -OCH3 is 2. The van der Waals surface area contributed by atoms with Gasteiger partial charge in [-0.15, -0.1) is 5.11 Å². The van der Waals surface area contributed by atoms with Crippen molar-refractivity contribution < 1.29 is 23.7 Å². The molecule has 0 fully saturated rings. The molecule has 0 aromatic heterocycles. The van der Waals surface area contributed by atoms with E-state index >= 15 is 0 Å². The Hall–Kier alpha value is -3.70. The number of fused-ring (bicyclic) bond motifs is 2. The van der Waals surface area contributed by atoms with E-state index in [9.17, 15) is 4.79 Å². The van der Waals surface area contributed by atoms with Crippen molar-refractivity contribution in [3.63, 3.8) is 0 Å². The first-order chi connectivity index (χ1) is 19.2. The number of nitrogens with one attached hydrogen (secondary N) is 2. The molecule has 11 nitrogen and oxygen atoms in total. The highest BCUT2D eigenvalue weighted by molar-refractivity contribution is 5.98. The smallest absolute Gasteiger partial charge is 0.338 e. The van der Waals surface area contributed by atoms with Crippen LogP contribution in [-0.2, 0) is 4.74 Å². The summed E-state index contributed by atoms with van der Waals surface area (Å²) in [5.74, 6) is 6.79. The predicted molar refractivity (Wildman–Crippen MR) is 150 cm³/mol. The van der Waals surface area contributed by atoms with Gasteiger partial charge in [-0.05, 0) is 70.4 Å². The minimum Gasteiger partial charge on any atom is -0.493 e. The second-order valence-electron chi connectivity index (χ2n) is 9.02. The Bertz CT molecular complexity index is 1080. The van der Waals surface area contributed by atoms with E-state index in [2.05, 4.69) is 26.0 Å². The van der Waals surface area contributed by atoms with Gasteiger partial charge in [-0.3, -0.25) is 0 Å². The normalized spacial score (nSPS) is 19.1. The topological polar surface area (TPSA) is 141 Å². The van der Waals surface area contributed by atoms with Crippen LogP contribution in [0.15, 0.2) is 57.8 Å². The number of hydrazone groups is 1. The number of esters is 1. The summed E-state index contributed by atoms with van der Waals surface area (Å²) in [4.78, 5) is 12.7. The van der Waals surface area contributed by atoms with Gasteiger partial charge in [-0.2, -0.15) is 10.2 Å². The quantitative estimate of drug-likeness (QED) is 0.134. The molecule has 39 heavy (non-hydrogen) atoms. The Morgan fingerprint density at radius 3 is 2.41 bits per heavy atom. The maximum Gasteiger partial charge on any atom is 0.338 e. The van der Waals surface area contributed by atoms with E-state index in [4.69, 9.17) is 24.8 Å². The van der Waals surface area contributed by atoms with Crippen molar-refractivity contribution in [2.24, 2.45) is 21.2 Å². The maximum atomic E-state index is 12.7. The fourth-order valence-electron chi connectivity index (χ4n) is 4.10. The first-order valence-corrected chi connectivity index (χ1v) is 13.4. The number of ether oxygens (including phenoxy) is 4. The third-order valence-corrected chi connectivity index (χ3v) is 6.18. The summed E-state index contributed by atoms with van der Waals surface area (Å²) >= 11 is 0. The van der Waals surface area contributed by atoms with E-state index in [1.54, 1.807) is 12.1 Å². The van der Waals surface area contributed by atoms with E-state index < -0.39 is 5.97 Å². The Morgan fingerprint density at radius 1 is 0.923 bits per heavy atom. The Balaban J connectivity index is 1.73. The maximum absolute atomic E-state index is 12.7. The highest BCUT2D eigenvalue weighted by atomic mass is 16.5. The molecule has 0 saturated heterocycles. The van der Waals surface area contributed by atoms with Crippen molar-refractivity contribution in [3.05, 3.63) is 53.6 Å². The monoisotopic (exact) mass is 540 g/mol. The van der Waals surface area contributed by atoms with Crippen LogP contribution in [0.25, 0.3) is 0 Å². The van der Waals surface area contributed by atoms with Gasteiger partial charge < -0.3 is 35.4 Å². The lowest BCUT2D eigenvalue weighted by Crippen LogP contribution is -2.25. The number of hydrogen-bond acceptors (Lipinski definition) is 10.